The third-order valence-electron chi connectivity index (χ3n) is 3.13. The normalized spacial score (nSPS) is 17.8. The molecule has 0 aromatic heterocycles. The summed E-state index contributed by atoms with van der Waals surface area (Å²) in [4.78, 5) is 4.77. The largest absolute Gasteiger partial charge is 0.399 e. The zero-order chi connectivity index (χ0) is 11.5. The van der Waals surface area contributed by atoms with Crippen LogP contribution in [0.2, 0.25) is 5.02 Å². The molecular weight excluding hydrogens is 222 g/mol. The highest BCUT2D eigenvalue weighted by Gasteiger charge is 2.17. The minimum atomic E-state index is 0.723. The van der Waals surface area contributed by atoms with Crippen LogP contribution in [0, 0.1) is 0 Å². The Bertz CT molecular complexity index is 359. The molecule has 0 spiro atoms. The molecule has 0 radical (unpaired) electrons. The standard InChI is InChI=1S/C12H18ClN3/c1-2-15-5-7-16(8-6-15)12-4-3-10(14)9-11(12)13/h3-4,9H,2,5-8,14H2,1H3. The average Bonchev–Trinajstić information content (AvgIpc) is 2.29. The smallest absolute Gasteiger partial charge is 0.0660 e. The van der Waals surface area contributed by atoms with Gasteiger partial charge in [0.1, 0.15) is 0 Å². The number of hydrogen-bond donors (Lipinski definition) is 1. The lowest BCUT2D eigenvalue weighted by molar-refractivity contribution is 0.271. The van der Waals surface area contributed by atoms with Crippen molar-refractivity contribution in [3.8, 4) is 0 Å². The number of anilines is 2. The van der Waals surface area contributed by atoms with Crippen molar-refractivity contribution in [2.75, 3.05) is 43.4 Å². The number of nitrogen functional groups attached to an aromatic ring is 1. The first kappa shape index (κ1) is 11.6. The van der Waals surface area contributed by atoms with Crippen LogP contribution in [0.25, 0.3) is 0 Å². The highest BCUT2D eigenvalue weighted by molar-refractivity contribution is 6.33. The van der Waals surface area contributed by atoms with Gasteiger partial charge in [-0.1, -0.05) is 18.5 Å². The number of halogens is 1. The van der Waals surface area contributed by atoms with E-state index in [1.54, 1.807) is 0 Å². The summed E-state index contributed by atoms with van der Waals surface area (Å²) in [6.45, 7) is 7.62. The lowest BCUT2D eigenvalue weighted by Crippen LogP contribution is -2.46. The third-order valence-corrected chi connectivity index (χ3v) is 3.43. The molecule has 1 fully saturated rings. The summed E-state index contributed by atoms with van der Waals surface area (Å²) in [5.74, 6) is 0. The molecule has 0 aliphatic carbocycles. The molecule has 16 heavy (non-hydrogen) atoms. The fourth-order valence-corrected chi connectivity index (χ4v) is 2.39. The summed E-state index contributed by atoms with van der Waals surface area (Å²) in [7, 11) is 0. The number of piperazine rings is 1. The molecule has 3 nitrogen and oxygen atoms in total. The van der Waals surface area contributed by atoms with E-state index < -0.39 is 0 Å². The fourth-order valence-electron chi connectivity index (χ4n) is 2.08. The second-order valence-electron chi connectivity index (χ2n) is 4.13. The van der Waals surface area contributed by atoms with E-state index in [1.807, 2.05) is 18.2 Å². The minimum absolute atomic E-state index is 0.723. The van der Waals surface area contributed by atoms with Crippen LogP contribution in [0.3, 0.4) is 0 Å². The molecule has 1 heterocycles. The van der Waals surface area contributed by atoms with Crippen LogP contribution in [0.1, 0.15) is 6.92 Å². The summed E-state index contributed by atoms with van der Waals surface area (Å²) in [5.41, 5.74) is 7.52. The van der Waals surface area contributed by atoms with E-state index in [-0.39, 0.29) is 0 Å². The Labute approximate surface area is 102 Å². The predicted molar refractivity (Wildman–Crippen MR) is 70.2 cm³/mol. The van der Waals surface area contributed by atoms with E-state index in [4.69, 9.17) is 17.3 Å². The van der Waals surface area contributed by atoms with Crippen molar-refractivity contribution < 1.29 is 0 Å². The lowest BCUT2D eigenvalue weighted by Gasteiger charge is -2.35. The number of nitrogens with zero attached hydrogens (tertiary/aromatic N) is 2. The van der Waals surface area contributed by atoms with Crippen molar-refractivity contribution in [1.29, 1.82) is 0 Å². The van der Waals surface area contributed by atoms with Crippen LogP contribution in [0.5, 0.6) is 0 Å². The van der Waals surface area contributed by atoms with Crippen LogP contribution in [0.4, 0.5) is 11.4 Å². The van der Waals surface area contributed by atoms with Gasteiger partial charge in [0.2, 0.25) is 0 Å². The Balaban J connectivity index is 2.08. The molecule has 0 saturated carbocycles. The predicted octanol–water partition coefficient (Wildman–Crippen LogP) is 2.06. The average molecular weight is 240 g/mol. The van der Waals surface area contributed by atoms with Crippen LogP contribution in [-0.2, 0) is 0 Å². The van der Waals surface area contributed by atoms with E-state index in [0.717, 1.165) is 49.1 Å². The molecule has 1 aromatic carbocycles. The third kappa shape index (κ3) is 2.42. The van der Waals surface area contributed by atoms with Crippen LogP contribution in [0.15, 0.2) is 18.2 Å². The molecule has 0 unspecified atom stereocenters. The van der Waals surface area contributed by atoms with Crippen molar-refractivity contribution in [2.24, 2.45) is 0 Å². The zero-order valence-corrected chi connectivity index (χ0v) is 10.4. The van der Waals surface area contributed by atoms with Crippen LogP contribution < -0.4 is 10.6 Å². The molecule has 0 atom stereocenters. The first-order chi connectivity index (χ1) is 7.70. The van der Waals surface area contributed by atoms with Gasteiger partial charge in [-0.25, -0.2) is 0 Å². The summed E-state index contributed by atoms with van der Waals surface area (Å²) in [6.07, 6.45) is 0. The lowest BCUT2D eigenvalue weighted by atomic mass is 10.2. The highest BCUT2D eigenvalue weighted by Crippen LogP contribution is 2.28. The molecular formula is C12H18ClN3. The molecule has 1 saturated heterocycles. The summed E-state index contributed by atoms with van der Waals surface area (Å²) >= 11 is 6.20. The van der Waals surface area contributed by atoms with Gasteiger partial charge in [0.25, 0.3) is 0 Å². The fraction of sp³-hybridized carbons (Fsp3) is 0.500. The van der Waals surface area contributed by atoms with Gasteiger partial charge in [-0.15, -0.1) is 0 Å². The SMILES string of the molecule is CCN1CCN(c2ccc(N)cc2Cl)CC1. The summed E-state index contributed by atoms with van der Waals surface area (Å²) in [6, 6.07) is 5.75. The molecule has 1 aliphatic rings. The van der Waals surface area contributed by atoms with Gasteiger partial charge < -0.3 is 15.5 Å². The van der Waals surface area contributed by atoms with Gasteiger partial charge in [0, 0.05) is 31.9 Å². The van der Waals surface area contributed by atoms with Crippen LogP contribution in [-0.4, -0.2) is 37.6 Å². The van der Waals surface area contributed by atoms with Gasteiger partial charge in [-0.05, 0) is 24.7 Å². The van der Waals surface area contributed by atoms with Crippen molar-refractivity contribution >= 4 is 23.0 Å². The van der Waals surface area contributed by atoms with Crippen molar-refractivity contribution in [2.45, 2.75) is 6.92 Å². The highest BCUT2D eigenvalue weighted by atomic mass is 35.5. The molecule has 1 aliphatic heterocycles. The quantitative estimate of drug-likeness (QED) is 0.802. The maximum atomic E-state index is 6.20. The van der Waals surface area contributed by atoms with Gasteiger partial charge in [0.05, 0.1) is 10.7 Å². The van der Waals surface area contributed by atoms with E-state index in [1.165, 1.54) is 0 Å². The molecule has 0 amide bonds. The molecule has 0 bridgehead atoms. The molecule has 2 rings (SSSR count). The molecule has 2 N–H and O–H groups in total. The number of rotatable bonds is 2. The zero-order valence-electron chi connectivity index (χ0n) is 9.62. The van der Waals surface area contributed by atoms with Crippen LogP contribution >= 0.6 is 11.6 Å². The van der Waals surface area contributed by atoms with E-state index >= 15 is 0 Å². The molecule has 88 valence electrons. The van der Waals surface area contributed by atoms with Crippen molar-refractivity contribution in [3.05, 3.63) is 23.2 Å². The Morgan fingerprint density at radius 1 is 1.25 bits per heavy atom. The van der Waals surface area contributed by atoms with Gasteiger partial charge >= 0.3 is 0 Å². The first-order valence-electron chi connectivity index (χ1n) is 5.73. The van der Waals surface area contributed by atoms with E-state index in [0.29, 0.717) is 0 Å². The Morgan fingerprint density at radius 2 is 1.94 bits per heavy atom. The topological polar surface area (TPSA) is 32.5 Å². The number of benzene rings is 1. The second-order valence-corrected chi connectivity index (χ2v) is 4.54. The van der Waals surface area contributed by atoms with Gasteiger partial charge in [0.15, 0.2) is 0 Å². The summed E-state index contributed by atoms with van der Waals surface area (Å²) in [5, 5.41) is 0.755. The van der Waals surface area contributed by atoms with Gasteiger partial charge in [-0.3, -0.25) is 0 Å². The Hall–Kier alpha value is -0.930. The monoisotopic (exact) mass is 239 g/mol. The number of nitrogens with two attached hydrogens (primary N) is 1. The summed E-state index contributed by atoms with van der Waals surface area (Å²) < 4.78 is 0. The molecule has 4 heteroatoms. The molecule has 1 aromatic rings. The first-order valence-corrected chi connectivity index (χ1v) is 6.11. The number of likely N-dealkylation sites (N-methyl/N-ethyl adjacent to an activating group) is 1. The maximum Gasteiger partial charge on any atom is 0.0660 e. The Morgan fingerprint density at radius 3 is 2.50 bits per heavy atom. The van der Waals surface area contributed by atoms with E-state index in [2.05, 4.69) is 16.7 Å². The maximum absolute atomic E-state index is 6.20. The Kier molecular flexibility index (Phi) is 3.56. The second kappa shape index (κ2) is 4.93. The van der Waals surface area contributed by atoms with Gasteiger partial charge in [-0.2, -0.15) is 0 Å². The number of hydrogen-bond acceptors (Lipinski definition) is 3. The van der Waals surface area contributed by atoms with E-state index in [9.17, 15) is 0 Å². The van der Waals surface area contributed by atoms with Crippen molar-refractivity contribution in [3.63, 3.8) is 0 Å². The minimum Gasteiger partial charge on any atom is -0.399 e. The van der Waals surface area contributed by atoms with Crippen molar-refractivity contribution in [1.82, 2.24) is 4.90 Å².